The van der Waals surface area contributed by atoms with Gasteiger partial charge >= 0.3 is 5.97 Å². The van der Waals surface area contributed by atoms with Gasteiger partial charge in [-0.3, -0.25) is 0 Å². The first-order chi connectivity index (χ1) is 13.6. The van der Waals surface area contributed by atoms with Gasteiger partial charge in [0.15, 0.2) is 10.9 Å². The quantitative estimate of drug-likeness (QED) is 0.393. The SMILES string of the molecule is CSc1nc(-c2ccccc2)c2c(N)c(C(=O)O)n(Cc3ccccc3)c2n1. The number of nitrogens with two attached hydrogens (primary N) is 1. The van der Waals surface area contributed by atoms with Crippen LogP contribution in [-0.4, -0.2) is 31.9 Å². The Bertz CT molecular complexity index is 1160. The lowest BCUT2D eigenvalue weighted by molar-refractivity contribution is 0.0687. The summed E-state index contributed by atoms with van der Waals surface area (Å²) in [7, 11) is 0. The van der Waals surface area contributed by atoms with Crippen LogP contribution < -0.4 is 5.73 Å². The zero-order chi connectivity index (χ0) is 19.7. The Morgan fingerprint density at radius 3 is 2.32 bits per heavy atom. The molecule has 0 aliphatic rings. The topological polar surface area (TPSA) is 94.0 Å². The van der Waals surface area contributed by atoms with Gasteiger partial charge in [0.25, 0.3) is 0 Å². The first-order valence-electron chi connectivity index (χ1n) is 8.66. The number of thioether (sulfide) groups is 1. The van der Waals surface area contributed by atoms with Crippen LogP contribution in [0.2, 0.25) is 0 Å². The number of carboxylic acid groups (broad SMARTS) is 1. The Morgan fingerprint density at radius 1 is 1.07 bits per heavy atom. The third kappa shape index (κ3) is 3.10. The van der Waals surface area contributed by atoms with Crippen molar-refractivity contribution in [3.63, 3.8) is 0 Å². The van der Waals surface area contributed by atoms with Crippen LogP contribution in [0.5, 0.6) is 0 Å². The predicted molar refractivity (Wildman–Crippen MR) is 112 cm³/mol. The summed E-state index contributed by atoms with van der Waals surface area (Å²) in [5.41, 5.74) is 9.55. The number of fused-ring (bicyclic) bond motifs is 1. The van der Waals surface area contributed by atoms with Crippen LogP contribution >= 0.6 is 11.8 Å². The van der Waals surface area contributed by atoms with Gasteiger partial charge in [-0.2, -0.15) is 0 Å². The van der Waals surface area contributed by atoms with E-state index in [9.17, 15) is 9.90 Å². The molecule has 6 nitrogen and oxygen atoms in total. The summed E-state index contributed by atoms with van der Waals surface area (Å²) >= 11 is 1.41. The molecule has 0 amide bonds. The predicted octanol–water partition coefficient (Wildman–Crippen LogP) is 4.15. The number of aromatic nitrogens is 3. The van der Waals surface area contributed by atoms with Crippen molar-refractivity contribution in [3.8, 4) is 11.3 Å². The van der Waals surface area contributed by atoms with Gasteiger partial charge in [0.2, 0.25) is 0 Å². The smallest absolute Gasteiger partial charge is 0.354 e. The van der Waals surface area contributed by atoms with E-state index >= 15 is 0 Å². The summed E-state index contributed by atoms with van der Waals surface area (Å²) in [6, 6.07) is 19.3. The normalized spacial score (nSPS) is 11.0. The Kier molecular flexibility index (Phi) is 4.75. The molecule has 3 N–H and O–H groups in total. The lowest BCUT2D eigenvalue weighted by Crippen LogP contribution is -2.11. The molecule has 4 aromatic rings. The average Bonchev–Trinajstić information content (AvgIpc) is 3.00. The molecular weight excluding hydrogens is 372 g/mol. The summed E-state index contributed by atoms with van der Waals surface area (Å²) in [5, 5.41) is 11.0. The Labute approximate surface area is 166 Å². The molecule has 2 aromatic carbocycles. The molecule has 0 atom stereocenters. The Hall–Kier alpha value is -3.32. The number of nitrogens with zero attached hydrogens (tertiary/aromatic N) is 3. The molecular formula is C21H18N4O2S. The van der Waals surface area contributed by atoms with Gasteiger partial charge < -0.3 is 15.4 Å². The van der Waals surface area contributed by atoms with Crippen LogP contribution in [0.1, 0.15) is 16.1 Å². The molecule has 0 saturated carbocycles. The summed E-state index contributed by atoms with van der Waals surface area (Å²) in [6.07, 6.45) is 1.89. The van der Waals surface area contributed by atoms with E-state index in [1.165, 1.54) is 11.8 Å². The zero-order valence-corrected chi connectivity index (χ0v) is 16.0. The zero-order valence-electron chi connectivity index (χ0n) is 15.2. The number of aromatic carboxylic acids is 1. The number of carbonyl (C=O) groups is 1. The molecule has 4 rings (SSSR count). The maximum absolute atomic E-state index is 12.1. The van der Waals surface area contributed by atoms with Crippen LogP contribution in [0.4, 0.5) is 5.69 Å². The lowest BCUT2D eigenvalue weighted by Gasteiger charge is -2.09. The molecule has 0 bridgehead atoms. The number of rotatable bonds is 5. The molecule has 2 aromatic heterocycles. The number of anilines is 1. The van der Waals surface area contributed by atoms with Crippen LogP contribution in [-0.2, 0) is 6.54 Å². The molecule has 0 fully saturated rings. The van der Waals surface area contributed by atoms with E-state index < -0.39 is 5.97 Å². The van der Waals surface area contributed by atoms with Crippen molar-refractivity contribution in [2.24, 2.45) is 0 Å². The highest BCUT2D eigenvalue weighted by Crippen LogP contribution is 2.36. The summed E-state index contributed by atoms with van der Waals surface area (Å²) in [5.74, 6) is -1.09. The average molecular weight is 390 g/mol. The second kappa shape index (κ2) is 7.36. The second-order valence-corrected chi connectivity index (χ2v) is 7.04. The van der Waals surface area contributed by atoms with E-state index in [1.807, 2.05) is 66.9 Å². The van der Waals surface area contributed by atoms with Crippen LogP contribution in [0.25, 0.3) is 22.3 Å². The van der Waals surface area contributed by atoms with Crippen LogP contribution in [0, 0.1) is 0 Å². The molecule has 0 aliphatic heterocycles. The number of carboxylic acids is 1. The van der Waals surface area contributed by atoms with Crippen molar-refractivity contribution in [3.05, 3.63) is 71.9 Å². The number of nitrogen functional groups attached to an aromatic ring is 1. The first-order valence-corrected chi connectivity index (χ1v) is 9.89. The number of benzene rings is 2. The van der Waals surface area contributed by atoms with E-state index in [2.05, 4.69) is 9.97 Å². The summed E-state index contributed by atoms with van der Waals surface area (Å²) in [6.45, 7) is 0.356. The lowest BCUT2D eigenvalue weighted by atomic mass is 10.1. The van der Waals surface area contributed by atoms with Crippen molar-refractivity contribution >= 4 is 34.5 Å². The van der Waals surface area contributed by atoms with Gasteiger partial charge in [-0.1, -0.05) is 72.4 Å². The van der Waals surface area contributed by atoms with Crippen molar-refractivity contribution in [2.45, 2.75) is 11.7 Å². The molecule has 28 heavy (non-hydrogen) atoms. The number of hydrogen-bond acceptors (Lipinski definition) is 5. The van der Waals surface area contributed by atoms with E-state index in [0.717, 1.165) is 11.1 Å². The highest BCUT2D eigenvalue weighted by Gasteiger charge is 2.25. The monoisotopic (exact) mass is 390 g/mol. The Balaban J connectivity index is 2.05. The van der Waals surface area contributed by atoms with Gasteiger partial charge in [-0.05, 0) is 11.8 Å². The Morgan fingerprint density at radius 2 is 1.71 bits per heavy atom. The second-order valence-electron chi connectivity index (χ2n) is 6.26. The van der Waals surface area contributed by atoms with Crippen LogP contribution in [0.3, 0.4) is 0 Å². The molecule has 7 heteroatoms. The fourth-order valence-corrected chi connectivity index (χ4v) is 3.65. The van der Waals surface area contributed by atoms with Gasteiger partial charge in [-0.25, -0.2) is 14.8 Å². The minimum absolute atomic E-state index is 0.0311. The summed E-state index contributed by atoms with van der Waals surface area (Å²) in [4.78, 5) is 21.3. The molecule has 0 unspecified atom stereocenters. The summed E-state index contributed by atoms with van der Waals surface area (Å²) < 4.78 is 1.66. The minimum Gasteiger partial charge on any atom is -0.477 e. The third-order valence-corrected chi connectivity index (χ3v) is 5.08. The maximum Gasteiger partial charge on any atom is 0.354 e. The molecule has 0 spiro atoms. The van der Waals surface area contributed by atoms with Gasteiger partial charge in [0.1, 0.15) is 5.65 Å². The third-order valence-electron chi connectivity index (χ3n) is 4.54. The number of hydrogen-bond donors (Lipinski definition) is 2. The molecule has 0 aliphatic carbocycles. The molecule has 140 valence electrons. The van der Waals surface area contributed by atoms with E-state index in [4.69, 9.17) is 5.73 Å². The molecule has 0 radical (unpaired) electrons. The first kappa shape index (κ1) is 18.1. The minimum atomic E-state index is -1.09. The van der Waals surface area contributed by atoms with Crippen molar-refractivity contribution in [2.75, 3.05) is 12.0 Å². The van der Waals surface area contributed by atoms with Gasteiger partial charge in [-0.15, -0.1) is 0 Å². The van der Waals surface area contributed by atoms with Crippen LogP contribution in [0.15, 0.2) is 65.8 Å². The maximum atomic E-state index is 12.1. The van der Waals surface area contributed by atoms with E-state index in [0.29, 0.717) is 28.4 Å². The molecule has 2 heterocycles. The molecule has 0 saturated heterocycles. The fraction of sp³-hybridized carbons (Fsp3) is 0.0952. The highest BCUT2D eigenvalue weighted by molar-refractivity contribution is 7.98. The fourth-order valence-electron chi connectivity index (χ4n) is 3.29. The largest absolute Gasteiger partial charge is 0.477 e. The van der Waals surface area contributed by atoms with E-state index in [-0.39, 0.29) is 11.4 Å². The van der Waals surface area contributed by atoms with Crippen molar-refractivity contribution < 1.29 is 9.90 Å². The van der Waals surface area contributed by atoms with Gasteiger partial charge in [0.05, 0.1) is 16.8 Å². The van der Waals surface area contributed by atoms with Gasteiger partial charge in [0, 0.05) is 12.1 Å². The van der Waals surface area contributed by atoms with Crippen molar-refractivity contribution in [1.29, 1.82) is 0 Å². The van der Waals surface area contributed by atoms with Crippen molar-refractivity contribution in [1.82, 2.24) is 14.5 Å². The standard InChI is InChI=1S/C21H18N4O2S/c1-28-21-23-17(14-10-6-3-7-11-14)15-16(22)18(20(26)27)25(19(15)24-21)12-13-8-4-2-5-9-13/h2-11H,12,22H2,1H3,(H,26,27). The highest BCUT2D eigenvalue weighted by atomic mass is 32.2. The van der Waals surface area contributed by atoms with E-state index in [1.54, 1.807) is 4.57 Å².